The summed E-state index contributed by atoms with van der Waals surface area (Å²) in [7, 11) is 0. The Hall–Kier alpha value is -0.970. The molecule has 4 rings (SSSR count). The zero-order chi connectivity index (χ0) is 10.5. The number of hydrogen-bond donors (Lipinski definition) is 0. The summed E-state index contributed by atoms with van der Waals surface area (Å²) in [6.45, 7) is 2.45. The van der Waals surface area contributed by atoms with Crippen LogP contribution in [0.1, 0.15) is 10.4 Å². The van der Waals surface area contributed by atoms with Gasteiger partial charge in [0, 0.05) is 0 Å². The van der Waals surface area contributed by atoms with E-state index in [4.69, 9.17) is 16.3 Å². The highest BCUT2D eigenvalue weighted by atomic mass is 35.5. The number of halogens is 1. The van der Waals surface area contributed by atoms with Crippen molar-refractivity contribution in [3.63, 3.8) is 0 Å². The number of quaternary nitrogens is 1. The largest absolute Gasteiger partial charge is 0.370 e. The minimum Gasteiger partial charge on any atom is -0.370 e. The second-order valence-electron chi connectivity index (χ2n) is 3.86. The molecule has 1 aromatic rings. The molecule has 1 aromatic heterocycles. The van der Waals surface area contributed by atoms with Crippen LogP contribution in [-0.4, -0.2) is 37.2 Å². The maximum atomic E-state index is 12.2. The van der Waals surface area contributed by atoms with Gasteiger partial charge >= 0.3 is 5.91 Å². The normalized spacial score (nSPS) is 22.3. The van der Waals surface area contributed by atoms with Crippen LogP contribution in [0, 0.1) is 0 Å². The molecule has 1 spiro atoms. The lowest BCUT2D eigenvalue weighted by Crippen LogP contribution is -2.62. The van der Waals surface area contributed by atoms with Gasteiger partial charge in [0.2, 0.25) is 0 Å². The Morgan fingerprint density at radius 2 is 2.13 bits per heavy atom. The summed E-state index contributed by atoms with van der Waals surface area (Å²) in [4.78, 5) is 16.4. The molecular formula is C10H10ClN2O2+. The van der Waals surface area contributed by atoms with E-state index < -0.39 is 0 Å². The molecule has 2 bridgehead atoms. The van der Waals surface area contributed by atoms with Gasteiger partial charge in [-0.25, -0.2) is 14.3 Å². The average Bonchev–Trinajstić information content (AvgIpc) is 2.27. The van der Waals surface area contributed by atoms with Crippen LogP contribution < -0.4 is 4.48 Å². The first-order valence-electron chi connectivity index (χ1n) is 4.90. The summed E-state index contributed by atoms with van der Waals surface area (Å²) in [5.74, 6) is 0.785. The molecule has 0 aliphatic carbocycles. The number of morpholine rings is 1. The Balaban J connectivity index is 2.19. The van der Waals surface area contributed by atoms with E-state index in [1.807, 2.05) is 0 Å². The Morgan fingerprint density at radius 3 is 2.80 bits per heavy atom. The monoisotopic (exact) mass is 225 g/mol. The second kappa shape index (κ2) is 3.01. The first-order chi connectivity index (χ1) is 7.24. The van der Waals surface area contributed by atoms with Crippen LogP contribution >= 0.6 is 11.6 Å². The van der Waals surface area contributed by atoms with E-state index in [2.05, 4.69) is 4.98 Å². The number of ether oxygens (including phenoxy) is 1. The summed E-state index contributed by atoms with van der Waals surface area (Å²) in [5, 5.41) is 0.592. The molecule has 0 radical (unpaired) electrons. The van der Waals surface area contributed by atoms with Gasteiger partial charge in [-0.1, -0.05) is 11.6 Å². The number of hydrogen-bond acceptors (Lipinski definition) is 3. The number of carbonyl (C=O) groups excluding carboxylic acids is 1. The van der Waals surface area contributed by atoms with E-state index in [1.54, 1.807) is 12.3 Å². The molecular weight excluding hydrogens is 216 g/mol. The third kappa shape index (κ3) is 1.10. The van der Waals surface area contributed by atoms with Crippen LogP contribution in [0.4, 0.5) is 5.82 Å². The highest BCUT2D eigenvalue weighted by Gasteiger charge is 2.48. The van der Waals surface area contributed by atoms with Gasteiger partial charge in [-0.2, -0.15) is 0 Å². The van der Waals surface area contributed by atoms with Crippen LogP contribution in [0.3, 0.4) is 0 Å². The maximum Gasteiger partial charge on any atom is 0.354 e. The number of amides is 1. The first-order valence-corrected chi connectivity index (χ1v) is 5.28. The van der Waals surface area contributed by atoms with Crippen LogP contribution in [0.25, 0.3) is 0 Å². The SMILES string of the molecule is O=C1c2cnc(c(Cl)c2)[N+]12CCOCC2. The Labute approximate surface area is 92.0 Å². The van der Waals surface area contributed by atoms with Gasteiger partial charge in [-0.15, -0.1) is 0 Å². The lowest BCUT2D eigenvalue weighted by Gasteiger charge is -2.39. The molecule has 78 valence electrons. The van der Waals surface area contributed by atoms with E-state index in [1.165, 1.54) is 0 Å². The number of pyridine rings is 1. The van der Waals surface area contributed by atoms with Crippen molar-refractivity contribution >= 4 is 23.3 Å². The molecule has 0 N–H and O–H groups in total. The third-order valence-electron chi connectivity index (χ3n) is 3.10. The van der Waals surface area contributed by atoms with E-state index in [0.29, 0.717) is 42.7 Å². The van der Waals surface area contributed by atoms with Gasteiger partial charge in [0.15, 0.2) is 0 Å². The fourth-order valence-corrected chi connectivity index (χ4v) is 2.60. The standard InChI is InChI=1S/C10H10ClN2O2/c11-8-5-7-6-12-9(8)13(10(7)14)1-3-15-4-2-13/h5-6H,1-4H2/q+1. The molecule has 1 saturated heterocycles. The number of aromatic nitrogens is 1. The van der Waals surface area contributed by atoms with E-state index >= 15 is 0 Å². The van der Waals surface area contributed by atoms with Crippen LogP contribution in [0.15, 0.2) is 12.3 Å². The number of fused-ring (bicyclic) bond motifs is 2. The minimum absolute atomic E-state index is 0.104. The number of carbonyl (C=O) groups is 1. The van der Waals surface area contributed by atoms with Crippen molar-refractivity contribution in [3.8, 4) is 0 Å². The van der Waals surface area contributed by atoms with Crippen LogP contribution in [0.5, 0.6) is 0 Å². The molecule has 0 saturated carbocycles. The predicted octanol–water partition coefficient (Wildman–Crippen LogP) is 1.23. The zero-order valence-corrected chi connectivity index (χ0v) is 8.83. The van der Waals surface area contributed by atoms with Crippen molar-refractivity contribution in [1.29, 1.82) is 0 Å². The molecule has 3 aliphatic heterocycles. The van der Waals surface area contributed by atoms with Crippen molar-refractivity contribution in [2.24, 2.45) is 0 Å². The summed E-state index contributed by atoms with van der Waals surface area (Å²) in [5.41, 5.74) is 0.608. The number of nitrogens with zero attached hydrogens (tertiary/aromatic N) is 2. The number of rotatable bonds is 0. The fourth-order valence-electron chi connectivity index (χ4n) is 2.28. The van der Waals surface area contributed by atoms with E-state index in [0.717, 1.165) is 0 Å². The van der Waals surface area contributed by atoms with Gasteiger partial charge in [0.1, 0.15) is 18.1 Å². The molecule has 15 heavy (non-hydrogen) atoms. The first kappa shape index (κ1) is 9.27. The molecule has 5 heteroatoms. The quantitative estimate of drug-likeness (QED) is 0.624. The van der Waals surface area contributed by atoms with Gasteiger partial charge in [0.05, 0.1) is 25.0 Å². The van der Waals surface area contributed by atoms with Crippen molar-refractivity contribution in [3.05, 3.63) is 22.8 Å². The van der Waals surface area contributed by atoms with Gasteiger partial charge < -0.3 is 4.74 Å². The molecule has 4 heterocycles. The van der Waals surface area contributed by atoms with Crippen LogP contribution in [-0.2, 0) is 4.74 Å². The van der Waals surface area contributed by atoms with Crippen molar-refractivity contribution in [1.82, 2.24) is 9.47 Å². The summed E-state index contributed by atoms with van der Waals surface area (Å²) in [6.07, 6.45) is 1.60. The molecule has 0 aromatic carbocycles. The van der Waals surface area contributed by atoms with Gasteiger partial charge in [-0.3, -0.25) is 0 Å². The fraction of sp³-hybridized carbons (Fsp3) is 0.400. The minimum atomic E-state index is 0.104. The van der Waals surface area contributed by atoms with Gasteiger partial charge in [-0.05, 0) is 6.07 Å². The highest BCUT2D eigenvalue weighted by molar-refractivity contribution is 6.34. The molecule has 0 unspecified atom stereocenters. The Kier molecular flexibility index (Phi) is 1.86. The second-order valence-corrected chi connectivity index (χ2v) is 4.27. The molecule has 3 aliphatic rings. The summed E-state index contributed by atoms with van der Waals surface area (Å²) >= 11 is 6.08. The molecule has 1 amide bonds. The van der Waals surface area contributed by atoms with Gasteiger partial charge in [0.25, 0.3) is 5.82 Å². The molecule has 4 nitrogen and oxygen atoms in total. The topological polar surface area (TPSA) is 39.2 Å². The Bertz CT molecular complexity index is 441. The Morgan fingerprint density at radius 1 is 1.40 bits per heavy atom. The lowest BCUT2D eigenvalue weighted by atomic mass is 10.1. The summed E-state index contributed by atoms with van der Waals surface area (Å²) in [6, 6.07) is 1.70. The predicted molar refractivity (Wildman–Crippen MR) is 55.9 cm³/mol. The van der Waals surface area contributed by atoms with Crippen LogP contribution in [0.2, 0.25) is 5.02 Å². The smallest absolute Gasteiger partial charge is 0.354 e. The third-order valence-corrected chi connectivity index (χ3v) is 3.38. The van der Waals surface area contributed by atoms with Crippen molar-refractivity contribution < 1.29 is 9.53 Å². The molecule has 1 fully saturated rings. The average molecular weight is 226 g/mol. The maximum absolute atomic E-state index is 12.2. The zero-order valence-electron chi connectivity index (χ0n) is 8.07. The van der Waals surface area contributed by atoms with E-state index in [9.17, 15) is 4.79 Å². The highest BCUT2D eigenvalue weighted by Crippen LogP contribution is 2.37. The molecule has 0 atom stereocenters. The van der Waals surface area contributed by atoms with E-state index in [-0.39, 0.29) is 10.4 Å². The van der Waals surface area contributed by atoms with Crippen molar-refractivity contribution in [2.75, 3.05) is 26.3 Å². The summed E-state index contributed by atoms with van der Waals surface area (Å²) < 4.78 is 5.53. The van der Waals surface area contributed by atoms with Crippen molar-refractivity contribution in [2.45, 2.75) is 0 Å². The lowest BCUT2D eigenvalue weighted by molar-refractivity contribution is 0.0298.